The Morgan fingerprint density at radius 3 is 2.50 bits per heavy atom. The fourth-order valence-corrected chi connectivity index (χ4v) is 1.57. The van der Waals surface area contributed by atoms with E-state index in [1.165, 1.54) is 4.90 Å². The van der Waals surface area contributed by atoms with Gasteiger partial charge < -0.3 is 21.1 Å². The third-order valence-electron chi connectivity index (χ3n) is 2.85. The minimum atomic E-state index is -1.16. The van der Waals surface area contributed by atoms with Crippen molar-refractivity contribution in [2.75, 3.05) is 13.6 Å². The van der Waals surface area contributed by atoms with Crippen LogP contribution >= 0.6 is 0 Å². The number of carbonyl (C=O) groups is 3. The van der Waals surface area contributed by atoms with Crippen LogP contribution in [0.2, 0.25) is 0 Å². The molecule has 18 heavy (non-hydrogen) atoms. The molecule has 1 rings (SSSR count). The summed E-state index contributed by atoms with van der Waals surface area (Å²) in [6.45, 7) is 0.633. The normalized spacial score (nSPS) is 15.8. The van der Waals surface area contributed by atoms with E-state index < -0.39 is 23.9 Å². The molecule has 1 atom stereocenters. The average Bonchev–Trinajstić information content (AvgIpc) is 3.06. The SMILES string of the molecule is CN(CC1CC1)C(=O)N[C@@H](CCC(N)=O)C(=O)O. The van der Waals surface area contributed by atoms with E-state index in [-0.39, 0.29) is 12.8 Å². The number of carboxylic acids is 1. The van der Waals surface area contributed by atoms with E-state index in [1.54, 1.807) is 7.05 Å². The zero-order chi connectivity index (χ0) is 13.7. The summed E-state index contributed by atoms with van der Waals surface area (Å²) in [5.74, 6) is -1.21. The van der Waals surface area contributed by atoms with Gasteiger partial charge >= 0.3 is 12.0 Å². The lowest BCUT2D eigenvalue weighted by molar-refractivity contribution is -0.139. The van der Waals surface area contributed by atoms with Gasteiger partial charge in [0.05, 0.1) is 0 Å². The number of aliphatic carboxylic acids is 1. The summed E-state index contributed by atoms with van der Waals surface area (Å²) in [6.07, 6.45) is 2.17. The molecule has 3 amide bonds. The molecule has 0 bridgehead atoms. The van der Waals surface area contributed by atoms with Crippen LogP contribution in [0.3, 0.4) is 0 Å². The fourth-order valence-electron chi connectivity index (χ4n) is 1.57. The standard InChI is InChI=1S/C11H19N3O4/c1-14(6-7-2-3-7)11(18)13-8(10(16)17)4-5-9(12)15/h7-8H,2-6H2,1H3,(H2,12,15)(H,13,18)(H,16,17)/t8-/m0/s1. The second kappa shape index (κ2) is 6.23. The molecule has 4 N–H and O–H groups in total. The largest absolute Gasteiger partial charge is 0.480 e. The van der Waals surface area contributed by atoms with Crippen LogP contribution in [0, 0.1) is 5.92 Å². The number of nitrogens with zero attached hydrogens (tertiary/aromatic N) is 1. The molecule has 0 aromatic heterocycles. The fraction of sp³-hybridized carbons (Fsp3) is 0.727. The zero-order valence-corrected chi connectivity index (χ0v) is 10.4. The van der Waals surface area contributed by atoms with Gasteiger partial charge in [-0.2, -0.15) is 0 Å². The number of primary amides is 1. The van der Waals surface area contributed by atoms with Crippen molar-refractivity contribution in [2.45, 2.75) is 31.7 Å². The number of nitrogens with one attached hydrogen (secondary N) is 1. The minimum absolute atomic E-state index is 0.00761. The highest BCUT2D eigenvalue weighted by molar-refractivity contribution is 5.83. The summed E-state index contributed by atoms with van der Waals surface area (Å²) in [5.41, 5.74) is 4.95. The molecule has 1 fully saturated rings. The Balaban J connectivity index is 2.40. The zero-order valence-electron chi connectivity index (χ0n) is 10.4. The van der Waals surface area contributed by atoms with Gasteiger partial charge in [-0.3, -0.25) is 4.79 Å². The van der Waals surface area contributed by atoms with E-state index in [9.17, 15) is 14.4 Å². The van der Waals surface area contributed by atoms with Crippen LogP contribution in [0.5, 0.6) is 0 Å². The first-order chi connectivity index (χ1) is 8.40. The predicted molar refractivity (Wildman–Crippen MR) is 63.7 cm³/mol. The van der Waals surface area contributed by atoms with Gasteiger partial charge in [0.25, 0.3) is 0 Å². The number of urea groups is 1. The van der Waals surface area contributed by atoms with E-state index in [0.717, 1.165) is 12.8 Å². The summed E-state index contributed by atoms with van der Waals surface area (Å²) in [6, 6.07) is -1.51. The Labute approximate surface area is 105 Å². The van der Waals surface area contributed by atoms with Crippen LogP contribution in [-0.4, -0.2) is 47.5 Å². The van der Waals surface area contributed by atoms with Crippen LogP contribution in [0.1, 0.15) is 25.7 Å². The molecule has 0 aliphatic heterocycles. The van der Waals surface area contributed by atoms with Crippen molar-refractivity contribution in [1.82, 2.24) is 10.2 Å². The lowest BCUT2D eigenvalue weighted by Crippen LogP contribution is -2.47. The summed E-state index contributed by atoms with van der Waals surface area (Å²) < 4.78 is 0. The van der Waals surface area contributed by atoms with Crippen molar-refractivity contribution in [2.24, 2.45) is 11.7 Å². The highest BCUT2D eigenvalue weighted by Gasteiger charge is 2.27. The topological polar surface area (TPSA) is 113 Å². The third kappa shape index (κ3) is 5.03. The molecule has 0 aromatic carbocycles. The van der Waals surface area contributed by atoms with E-state index in [1.807, 2.05) is 0 Å². The smallest absolute Gasteiger partial charge is 0.326 e. The molecule has 7 heteroatoms. The number of hydrogen-bond acceptors (Lipinski definition) is 3. The molecule has 102 valence electrons. The van der Waals surface area contributed by atoms with Crippen LogP contribution in [0.15, 0.2) is 0 Å². The van der Waals surface area contributed by atoms with E-state index in [4.69, 9.17) is 10.8 Å². The van der Waals surface area contributed by atoms with E-state index in [0.29, 0.717) is 12.5 Å². The van der Waals surface area contributed by atoms with Gasteiger partial charge in [-0.05, 0) is 25.2 Å². The second-order valence-electron chi connectivity index (χ2n) is 4.67. The Morgan fingerprint density at radius 2 is 2.06 bits per heavy atom. The van der Waals surface area contributed by atoms with Crippen LogP contribution in [0.25, 0.3) is 0 Å². The maximum Gasteiger partial charge on any atom is 0.326 e. The summed E-state index contributed by atoms with van der Waals surface area (Å²) >= 11 is 0. The lowest BCUT2D eigenvalue weighted by Gasteiger charge is -2.21. The molecule has 0 saturated heterocycles. The molecule has 0 radical (unpaired) electrons. The van der Waals surface area contributed by atoms with Crippen LogP contribution < -0.4 is 11.1 Å². The second-order valence-corrected chi connectivity index (χ2v) is 4.67. The Morgan fingerprint density at radius 1 is 1.44 bits per heavy atom. The molecule has 0 unspecified atom stereocenters. The number of hydrogen-bond donors (Lipinski definition) is 3. The number of nitrogens with two attached hydrogens (primary N) is 1. The van der Waals surface area contributed by atoms with Gasteiger partial charge in [0.1, 0.15) is 6.04 Å². The highest BCUT2D eigenvalue weighted by atomic mass is 16.4. The first-order valence-electron chi connectivity index (χ1n) is 5.93. The summed E-state index contributed by atoms with van der Waals surface area (Å²) in [5, 5.41) is 11.3. The van der Waals surface area contributed by atoms with Gasteiger partial charge in [0.2, 0.25) is 5.91 Å². The van der Waals surface area contributed by atoms with Crippen LogP contribution in [-0.2, 0) is 9.59 Å². The van der Waals surface area contributed by atoms with E-state index >= 15 is 0 Å². The molecule has 0 heterocycles. The van der Waals surface area contributed by atoms with Crippen LogP contribution in [0.4, 0.5) is 4.79 Å². The van der Waals surface area contributed by atoms with Gasteiger partial charge in [-0.15, -0.1) is 0 Å². The van der Waals surface area contributed by atoms with E-state index in [2.05, 4.69) is 5.32 Å². The molecule has 1 saturated carbocycles. The van der Waals surface area contributed by atoms with Crippen molar-refractivity contribution in [3.8, 4) is 0 Å². The van der Waals surface area contributed by atoms with Crippen molar-refractivity contribution in [3.05, 3.63) is 0 Å². The molecular weight excluding hydrogens is 238 g/mol. The minimum Gasteiger partial charge on any atom is -0.480 e. The Bertz CT molecular complexity index is 341. The van der Waals surface area contributed by atoms with Gasteiger partial charge in [-0.1, -0.05) is 0 Å². The highest BCUT2D eigenvalue weighted by Crippen LogP contribution is 2.29. The molecule has 1 aliphatic carbocycles. The van der Waals surface area contributed by atoms with Crippen molar-refractivity contribution in [3.63, 3.8) is 0 Å². The molecule has 0 spiro atoms. The van der Waals surface area contributed by atoms with Crippen molar-refractivity contribution >= 4 is 17.9 Å². The van der Waals surface area contributed by atoms with Crippen molar-refractivity contribution < 1.29 is 19.5 Å². The lowest BCUT2D eigenvalue weighted by atomic mass is 10.1. The number of carbonyl (C=O) groups excluding carboxylic acids is 2. The third-order valence-corrected chi connectivity index (χ3v) is 2.85. The first-order valence-corrected chi connectivity index (χ1v) is 5.93. The average molecular weight is 257 g/mol. The monoisotopic (exact) mass is 257 g/mol. The number of carboxylic acid groups (broad SMARTS) is 1. The molecule has 1 aliphatic rings. The number of rotatable bonds is 7. The predicted octanol–water partition coefficient (Wildman–Crippen LogP) is -0.243. The number of amides is 3. The molecule has 7 nitrogen and oxygen atoms in total. The first kappa shape index (κ1) is 14.3. The summed E-state index contributed by atoms with van der Waals surface area (Å²) in [7, 11) is 1.63. The maximum atomic E-state index is 11.7. The maximum absolute atomic E-state index is 11.7. The Hall–Kier alpha value is -1.79. The van der Waals surface area contributed by atoms with Gasteiger partial charge in [0.15, 0.2) is 0 Å². The Kier molecular flexibility index (Phi) is 4.94. The van der Waals surface area contributed by atoms with Gasteiger partial charge in [-0.25, -0.2) is 9.59 Å². The van der Waals surface area contributed by atoms with Crippen molar-refractivity contribution in [1.29, 1.82) is 0 Å². The van der Waals surface area contributed by atoms with Gasteiger partial charge in [0, 0.05) is 20.0 Å². The molecule has 0 aromatic rings. The molecular formula is C11H19N3O4. The summed E-state index contributed by atoms with van der Waals surface area (Å²) in [4.78, 5) is 34.7. The quantitative estimate of drug-likeness (QED) is 0.584.